The molecule has 1 amide bonds. The van der Waals surface area contributed by atoms with Crippen molar-refractivity contribution in [2.24, 2.45) is 5.92 Å². The summed E-state index contributed by atoms with van der Waals surface area (Å²) < 4.78 is 10.3. The highest BCUT2D eigenvalue weighted by Crippen LogP contribution is 2.21. The molecular formula is C13H23NO4. The fourth-order valence-electron chi connectivity index (χ4n) is 1.83. The summed E-state index contributed by atoms with van der Waals surface area (Å²) in [6, 6.07) is -0.481. The van der Waals surface area contributed by atoms with Crippen LogP contribution in [-0.4, -0.2) is 42.3 Å². The number of esters is 1. The average Bonchev–Trinajstić information content (AvgIpc) is 2.77. The van der Waals surface area contributed by atoms with Crippen molar-refractivity contribution in [3.05, 3.63) is 0 Å². The maximum Gasteiger partial charge on any atom is 0.410 e. The molecule has 18 heavy (non-hydrogen) atoms. The largest absolute Gasteiger partial charge is 0.461 e. The van der Waals surface area contributed by atoms with E-state index < -0.39 is 12.1 Å². The van der Waals surface area contributed by atoms with E-state index >= 15 is 0 Å². The number of ether oxygens (including phenoxy) is 2. The Morgan fingerprint density at radius 3 is 2.56 bits per heavy atom. The summed E-state index contributed by atoms with van der Waals surface area (Å²) in [4.78, 5) is 25.2. The van der Waals surface area contributed by atoms with Crippen molar-refractivity contribution in [2.75, 3.05) is 13.2 Å². The first-order chi connectivity index (χ1) is 8.47. The number of likely N-dealkylation sites (tertiary alicyclic amines) is 1. The van der Waals surface area contributed by atoms with Crippen LogP contribution in [0.5, 0.6) is 0 Å². The highest BCUT2D eigenvalue weighted by molar-refractivity contribution is 5.82. The normalized spacial score (nSPS) is 20.9. The number of hydrogen-bond acceptors (Lipinski definition) is 4. The van der Waals surface area contributed by atoms with E-state index in [0.717, 1.165) is 6.42 Å². The molecule has 1 rings (SSSR count). The summed E-state index contributed by atoms with van der Waals surface area (Å²) in [5, 5.41) is 0. The van der Waals surface area contributed by atoms with Gasteiger partial charge in [0.15, 0.2) is 0 Å². The van der Waals surface area contributed by atoms with Gasteiger partial charge in [-0.15, -0.1) is 0 Å². The minimum absolute atomic E-state index is 0.137. The molecule has 2 atom stereocenters. The second kappa shape index (κ2) is 6.61. The van der Waals surface area contributed by atoms with Crippen LogP contribution in [0.25, 0.3) is 0 Å². The van der Waals surface area contributed by atoms with Gasteiger partial charge in [-0.3, -0.25) is 4.90 Å². The number of carbonyl (C=O) groups is 2. The molecule has 1 fully saturated rings. The van der Waals surface area contributed by atoms with Gasteiger partial charge in [-0.2, -0.15) is 0 Å². The van der Waals surface area contributed by atoms with Crippen molar-refractivity contribution in [2.45, 2.75) is 52.7 Å². The van der Waals surface area contributed by atoms with Gasteiger partial charge < -0.3 is 9.47 Å². The molecule has 0 aromatic rings. The van der Waals surface area contributed by atoms with E-state index in [4.69, 9.17) is 9.47 Å². The Balaban J connectivity index is 2.58. The van der Waals surface area contributed by atoms with Crippen LogP contribution in [0, 0.1) is 5.92 Å². The number of carbonyl (C=O) groups excluding carboxylic acids is 2. The van der Waals surface area contributed by atoms with Crippen molar-refractivity contribution in [1.29, 1.82) is 0 Å². The Morgan fingerprint density at radius 2 is 2.00 bits per heavy atom. The molecular weight excluding hydrogens is 234 g/mol. The molecule has 1 aliphatic heterocycles. The van der Waals surface area contributed by atoms with Gasteiger partial charge in [0.25, 0.3) is 0 Å². The minimum atomic E-state index is -0.481. The smallest absolute Gasteiger partial charge is 0.410 e. The van der Waals surface area contributed by atoms with Gasteiger partial charge in [0.2, 0.25) is 0 Å². The second-order valence-electron chi connectivity index (χ2n) is 4.94. The zero-order valence-corrected chi connectivity index (χ0v) is 11.6. The molecule has 0 saturated carbocycles. The van der Waals surface area contributed by atoms with Crippen LogP contribution in [0.2, 0.25) is 0 Å². The molecule has 1 aliphatic rings. The summed E-state index contributed by atoms with van der Waals surface area (Å²) in [7, 11) is 0. The van der Waals surface area contributed by atoms with E-state index in [9.17, 15) is 9.59 Å². The molecule has 0 spiro atoms. The van der Waals surface area contributed by atoms with Crippen LogP contribution in [-0.2, 0) is 14.3 Å². The number of rotatable bonds is 4. The third kappa shape index (κ3) is 3.62. The van der Waals surface area contributed by atoms with Crippen molar-refractivity contribution < 1.29 is 19.1 Å². The Hall–Kier alpha value is -1.26. The zero-order chi connectivity index (χ0) is 13.7. The lowest BCUT2D eigenvalue weighted by Crippen LogP contribution is -2.43. The minimum Gasteiger partial charge on any atom is -0.461 e. The van der Waals surface area contributed by atoms with Gasteiger partial charge in [0.05, 0.1) is 6.61 Å². The topological polar surface area (TPSA) is 55.8 Å². The first kappa shape index (κ1) is 14.8. The Morgan fingerprint density at radius 1 is 1.33 bits per heavy atom. The van der Waals surface area contributed by atoms with E-state index in [-0.39, 0.29) is 18.0 Å². The highest BCUT2D eigenvalue weighted by Gasteiger charge is 2.36. The molecule has 0 aromatic heterocycles. The van der Waals surface area contributed by atoms with Gasteiger partial charge in [-0.1, -0.05) is 13.8 Å². The summed E-state index contributed by atoms with van der Waals surface area (Å²) >= 11 is 0. The van der Waals surface area contributed by atoms with Gasteiger partial charge in [-0.05, 0) is 32.6 Å². The molecule has 0 aliphatic carbocycles. The maximum atomic E-state index is 12.0. The summed E-state index contributed by atoms with van der Waals surface area (Å²) in [6.45, 7) is 8.49. The average molecular weight is 257 g/mol. The number of nitrogens with zero attached hydrogens (tertiary/aromatic N) is 1. The lowest BCUT2D eigenvalue weighted by Gasteiger charge is -2.25. The van der Waals surface area contributed by atoms with Gasteiger partial charge >= 0.3 is 12.1 Å². The highest BCUT2D eigenvalue weighted by atomic mass is 16.6. The summed E-state index contributed by atoms with van der Waals surface area (Å²) in [5.41, 5.74) is 0. The first-order valence-electron chi connectivity index (χ1n) is 6.61. The molecule has 5 nitrogen and oxygen atoms in total. The third-order valence-corrected chi connectivity index (χ3v) is 3.27. The van der Waals surface area contributed by atoms with Crippen LogP contribution >= 0.6 is 0 Å². The lowest BCUT2D eigenvalue weighted by atomic mass is 10.1. The number of amides is 1. The van der Waals surface area contributed by atoms with Gasteiger partial charge in [0.1, 0.15) is 12.1 Å². The molecule has 1 saturated heterocycles. The second-order valence-corrected chi connectivity index (χ2v) is 4.94. The maximum absolute atomic E-state index is 12.0. The SMILES string of the molecule is CCOC(=O)N1CCCC1C(=O)O[C@H](C)C(C)C. The molecule has 0 aromatic carbocycles. The predicted octanol–water partition coefficient (Wildman–Crippen LogP) is 2.20. The Labute approximate surface area is 108 Å². The lowest BCUT2D eigenvalue weighted by molar-refractivity contribution is -0.155. The monoisotopic (exact) mass is 257 g/mol. The van der Waals surface area contributed by atoms with Crippen molar-refractivity contribution in [3.8, 4) is 0 Å². The fraction of sp³-hybridized carbons (Fsp3) is 0.846. The Kier molecular flexibility index (Phi) is 5.44. The summed E-state index contributed by atoms with van der Waals surface area (Å²) in [5.74, 6) is -0.0480. The standard InChI is InChI=1S/C13H23NO4/c1-5-17-13(16)14-8-6-7-11(14)12(15)18-10(4)9(2)3/h9-11H,5-8H2,1-4H3/t10-,11?/m1/s1. The molecule has 1 heterocycles. The van der Waals surface area contributed by atoms with Crippen molar-refractivity contribution in [3.63, 3.8) is 0 Å². The van der Waals surface area contributed by atoms with E-state index in [1.54, 1.807) is 6.92 Å². The van der Waals surface area contributed by atoms with E-state index in [1.807, 2.05) is 20.8 Å². The van der Waals surface area contributed by atoms with Gasteiger partial charge in [0, 0.05) is 6.54 Å². The van der Waals surface area contributed by atoms with E-state index in [1.165, 1.54) is 4.90 Å². The number of hydrogen-bond donors (Lipinski definition) is 0. The third-order valence-electron chi connectivity index (χ3n) is 3.27. The van der Waals surface area contributed by atoms with Crippen LogP contribution in [0.15, 0.2) is 0 Å². The van der Waals surface area contributed by atoms with Crippen LogP contribution in [0.4, 0.5) is 4.79 Å². The molecule has 0 N–H and O–H groups in total. The van der Waals surface area contributed by atoms with Crippen molar-refractivity contribution >= 4 is 12.1 Å². The Bertz CT molecular complexity index is 303. The quantitative estimate of drug-likeness (QED) is 0.724. The summed E-state index contributed by atoms with van der Waals surface area (Å²) in [6.07, 6.45) is 0.910. The molecule has 0 radical (unpaired) electrons. The van der Waals surface area contributed by atoms with E-state index in [2.05, 4.69) is 0 Å². The molecule has 5 heteroatoms. The zero-order valence-electron chi connectivity index (χ0n) is 11.6. The van der Waals surface area contributed by atoms with Crippen LogP contribution < -0.4 is 0 Å². The van der Waals surface area contributed by atoms with Crippen molar-refractivity contribution in [1.82, 2.24) is 4.90 Å². The van der Waals surface area contributed by atoms with Crippen LogP contribution in [0.1, 0.15) is 40.5 Å². The molecule has 1 unspecified atom stereocenters. The molecule has 104 valence electrons. The van der Waals surface area contributed by atoms with E-state index in [0.29, 0.717) is 19.6 Å². The first-order valence-corrected chi connectivity index (χ1v) is 6.61. The molecule has 0 bridgehead atoms. The van der Waals surface area contributed by atoms with Crippen LogP contribution in [0.3, 0.4) is 0 Å². The fourth-order valence-corrected chi connectivity index (χ4v) is 1.83. The van der Waals surface area contributed by atoms with Gasteiger partial charge in [-0.25, -0.2) is 9.59 Å². The predicted molar refractivity (Wildman–Crippen MR) is 67.1 cm³/mol.